The molecule has 2 atom stereocenters. The first kappa shape index (κ1) is 10.9. The highest BCUT2D eigenvalue weighted by Gasteiger charge is 2.15. The Morgan fingerprint density at radius 3 is 2.69 bits per heavy atom. The molecule has 16 heavy (non-hydrogen) atoms. The molecule has 2 N–H and O–H groups in total. The predicted molar refractivity (Wildman–Crippen MR) is 58.1 cm³/mol. The topological polar surface area (TPSA) is 75.6 Å². The Bertz CT molecular complexity index is 567. The molecule has 86 valence electrons. The quantitative estimate of drug-likeness (QED) is 0.779. The minimum atomic E-state index is -0.977. The zero-order chi connectivity index (χ0) is 11.9. The van der Waals surface area contributed by atoms with Gasteiger partial charge in [-0.05, 0) is 24.6 Å². The van der Waals surface area contributed by atoms with E-state index in [1.165, 1.54) is 11.5 Å². The molecule has 0 saturated heterocycles. The first-order chi connectivity index (χ1) is 7.50. The van der Waals surface area contributed by atoms with E-state index in [9.17, 15) is 15.0 Å². The molecule has 0 aliphatic rings. The van der Waals surface area contributed by atoms with Crippen molar-refractivity contribution >= 4 is 11.1 Å². The van der Waals surface area contributed by atoms with Crippen LogP contribution < -0.4 is 5.76 Å². The Morgan fingerprint density at radius 2 is 2.06 bits per heavy atom. The number of hydrogen-bond acceptors (Lipinski definition) is 4. The summed E-state index contributed by atoms with van der Waals surface area (Å²) in [5, 5.41) is 18.9. The van der Waals surface area contributed by atoms with E-state index in [1.807, 2.05) is 0 Å². The molecule has 0 bridgehead atoms. The molecule has 1 aromatic heterocycles. The highest BCUT2D eigenvalue weighted by Crippen LogP contribution is 2.21. The Balaban J connectivity index is 2.57. The van der Waals surface area contributed by atoms with Crippen LogP contribution >= 0.6 is 0 Å². The number of nitrogens with zero attached hydrogens (tertiary/aromatic N) is 1. The van der Waals surface area contributed by atoms with Crippen LogP contribution in [0.4, 0.5) is 0 Å². The van der Waals surface area contributed by atoms with Crippen molar-refractivity contribution in [2.45, 2.75) is 19.1 Å². The maximum Gasteiger partial charge on any atom is 0.419 e. The van der Waals surface area contributed by atoms with Crippen LogP contribution in [0.15, 0.2) is 27.4 Å². The highest BCUT2D eigenvalue weighted by atomic mass is 16.4. The number of aromatic nitrogens is 1. The molecule has 0 spiro atoms. The lowest BCUT2D eigenvalue weighted by molar-refractivity contribution is 0.0306. The summed E-state index contributed by atoms with van der Waals surface area (Å²) in [5.41, 5.74) is 1.59. The average molecular weight is 223 g/mol. The van der Waals surface area contributed by atoms with E-state index >= 15 is 0 Å². The van der Waals surface area contributed by atoms with Gasteiger partial charge in [0.05, 0.1) is 11.6 Å². The fraction of sp³-hybridized carbons (Fsp3) is 0.364. The lowest BCUT2D eigenvalue weighted by Crippen LogP contribution is -2.13. The van der Waals surface area contributed by atoms with Gasteiger partial charge in [-0.2, -0.15) is 0 Å². The van der Waals surface area contributed by atoms with Gasteiger partial charge >= 0.3 is 5.76 Å². The summed E-state index contributed by atoms with van der Waals surface area (Å²) < 4.78 is 6.37. The van der Waals surface area contributed by atoms with Crippen molar-refractivity contribution in [1.29, 1.82) is 0 Å². The fourth-order valence-corrected chi connectivity index (χ4v) is 1.61. The van der Waals surface area contributed by atoms with Crippen molar-refractivity contribution < 1.29 is 14.6 Å². The Labute approximate surface area is 91.5 Å². The second-order valence-corrected chi connectivity index (χ2v) is 3.84. The molecular formula is C11H13NO4. The highest BCUT2D eigenvalue weighted by molar-refractivity contribution is 5.73. The summed E-state index contributed by atoms with van der Waals surface area (Å²) >= 11 is 0. The first-order valence-corrected chi connectivity index (χ1v) is 4.96. The third-order valence-corrected chi connectivity index (χ3v) is 2.61. The van der Waals surface area contributed by atoms with E-state index in [-0.39, 0.29) is 0 Å². The van der Waals surface area contributed by atoms with E-state index in [1.54, 1.807) is 25.2 Å². The molecule has 0 fully saturated rings. The van der Waals surface area contributed by atoms with Gasteiger partial charge in [-0.25, -0.2) is 4.79 Å². The van der Waals surface area contributed by atoms with E-state index in [4.69, 9.17) is 4.42 Å². The maximum atomic E-state index is 11.2. The molecule has 1 heterocycles. The summed E-state index contributed by atoms with van der Waals surface area (Å²) in [6, 6.07) is 4.91. The van der Waals surface area contributed by atoms with E-state index in [0.29, 0.717) is 16.7 Å². The van der Waals surface area contributed by atoms with Crippen LogP contribution in [-0.2, 0) is 7.05 Å². The van der Waals surface area contributed by atoms with Crippen molar-refractivity contribution in [3.05, 3.63) is 34.3 Å². The average Bonchev–Trinajstić information content (AvgIpc) is 2.53. The monoisotopic (exact) mass is 223 g/mol. The second kappa shape index (κ2) is 3.77. The van der Waals surface area contributed by atoms with E-state index in [0.717, 1.165) is 0 Å². The van der Waals surface area contributed by atoms with Crippen LogP contribution in [0.25, 0.3) is 11.1 Å². The third-order valence-electron chi connectivity index (χ3n) is 2.61. The number of aliphatic hydroxyl groups excluding tert-OH is 2. The smallest absolute Gasteiger partial charge is 0.408 e. The van der Waals surface area contributed by atoms with Crippen LogP contribution in [-0.4, -0.2) is 20.9 Å². The van der Waals surface area contributed by atoms with Gasteiger partial charge in [0.15, 0.2) is 5.58 Å². The molecule has 2 rings (SSSR count). The molecule has 5 nitrogen and oxygen atoms in total. The Hall–Kier alpha value is -1.59. The van der Waals surface area contributed by atoms with Crippen LogP contribution in [0.5, 0.6) is 0 Å². The summed E-state index contributed by atoms with van der Waals surface area (Å²) in [4.78, 5) is 11.2. The molecular weight excluding hydrogens is 210 g/mol. The summed E-state index contributed by atoms with van der Waals surface area (Å²) in [6.07, 6.45) is -1.84. The standard InChI is InChI=1S/C11H13NO4/c1-6(13)10(14)7-3-4-8-9(5-7)16-11(15)12(8)2/h3-6,10,13-14H,1-2H3. The molecule has 0 aliphatic carbocycles. The van der Waals surface area contributed by atoms with Gasteiger partial charge in [-0.3, -0.25) is 4.57 Å². The van der Waals surface area contributed by atoms with E-state index in [2.05, 4.69) is 0 Å². The normalized spacial score (nSPS) is 15.2. The van der Waals surface area contributed by atoms with Crippen molar-refractivity contribution in [2.75, 3.05) is 0 Å². The number of aryl methyl sites for hydroxylation is 1. The van der Waals surface area contributed by atoms with Crippen molar-refractivity contribution in [3.8, 4) is 0 Å². The van der Waals surface area contributed by atoms with Gasteiger partial charge in [0.2, 0.25) is 0 Å². The molecule has 5 heteroatoms. The fourth-order valence-electron chi connectivity index (χ4n) is 1.61. The third kappa shape index (κ3) is 1.64. The number of benzene rings is 1. The molecule has 1 aromatic carbocycles. The molecule has 0 saturated carbocycles. The second-order valence-electron chi connectivity index (χ2n) is 3.84. The van der Waals surface area contributed by atoms with Crippen LogP contribution in [0.1, 0.15) is 18.6 Å². The van der Waals surface area contributed by atoms with Gasteiger partial charge in [0, 0.05) is 7.05 Å². The number of fused-ring (bicyclic) bond motifs is 1. The van der Waals surface area contributed by atoms with Crippen LogP contribution in [0.2, 0.25) is 0 Å². The Kier molecular flexibility index (Phi) is 2.57. The number of rotatable bonds is 2. The van der Waals surface area contributed by atoms with Crippen molar-refractivity contribution in [3.63, 3.8) is 0 Å². The Morgan fingerprint density at radius 1 is 1.38 bits per heavy atom. The van der Waals surface area contributed by atoms with Crippen LogP contribution in [0, 0.1) is 0 Å². The largest absolute Gasteiger partial charge is 0.419 e. The van der Waals surface area contributed by atoms with Gasteiger partial charge in [0.25, 0.3) is 0 Å². The molecule has 0 aliphatic heterocycles. The lowest BCUT2D eigenvalue weighted by Gasteiger charge is -2.13. The van der Waals surface area contributed by atoms with Gasteiger partial charge in [0.1, 0.15) is 6.10 Å². The molecule has 0 radical (unpaired) electrons. The zero-order valence-corrected chi connectivity index (χ0v) is 9.04. The number of aliphatic hydroxyl groups is 2. The van der Waals surface area contributed by atoms with Gasteiger partial charge in [-0.15, -0.1) is 0 Å². The first-order valence-electron chi connectivity index (χ1n) is 4.96. The van der Waals surface area contributed by atoms with Gasteiger partial charge in [-0.1, -0.05) is 6.07 Å². The summed E-state index contributed by atoms with van der Waals surface area (Å²) in [6.45, 7) is 1.50. The minimum Gasteiger partial charge on any atom is -0.408 e. The molecule has 2 unspecified atom stereocenters. The molecule has 2 aromatic rings. The molecule has 0 amide bonds. The number of oxazole rings is 1. The van der Waals surface area contributed by atoms with Crippen molar-refractivity contribution in [1.82, 2.24) is 4.57 Å². The van der Waals surface area contributed by atoms with E-state index < -0.39 is 18.0 Å². The van der Waals surface area contributed by atoms with Crippen molar-refractivity contribution in [2.24, 2.45) is 7.05 Å². The van der Waals surface area contributed by atoms with Gasteiger partial charge < -0.3 is 14.6 Å². The maximum absolute atomic E-state index is 11.2. The minimum absolute atomic E-state index is 0.407. The summed E-state index contributed by atoms with van der Waals surface area (Å²) in [5.74, 6) is -0.446. The van der Waals surface area contributed by atoms with Crippen LogP contribution in [0.3, 0.4) is 0 Å². The summed E-state index contributed by atoms with van der Waals surface area (Å²) in [7, 11) is 1.61. The lowest BCUT2D eigenvalue weighted by atomic mass is 10.1. The SMILES string of the molecule is CC(O)C(O)c1ccc2c(c1)oc(=O)n2C. The number of hydrogen-bond donors (Lipinski definition) is 2. The zero-order valence-electron chi connectivity index (χ0n) is 9.04. The predicted octanol–water partition coefficient (Wildman–Crippen LogP) is 0.546.